The molecule has 5 nitrogen and oxygen atoms in total. The van der Waals surface area contributed by atoms with Gasteiger partial charge in [-0.15, -0.1) is 0 Å². The Morgan fingerprint density at radius 3 is 2.25 bits per heavy atom. The van der Waals surface area contributed by atoms with E-state index in [1.165, 1.54) is 16.5 Å². The second-order valence-corrected chi connectivity index (χ2v) is 9.39. The minimum Gasteiger partial charge on any atom is -0.361 e. The predicted molar refractivity (Wildman–Crippen MR) is 146 cm³/mol. The number of para-hydroxylation sites is 1. The SMILES string of the molecule is CCCN(CC(=O)N(CCc1c[nH]c2ccccc12)Cc1ccc(C)cc1)C(=O)Cc1ccccc1. The highest BCUT2D eigenvalue weighted by molar-refractivity contribution is 5.86. The van der Waals surface area contributed by atoms with Gasteiger partial charge in [0, 0.05) is 36.7 Å². The van der Waals surface area contributed by atoms with E-state index in [0.29, 0.717) is 26.1 Å². The van der Waals surface area contributed by atoms with Crippen molar-refractivity contribution in [2.24, 2.45) is 0 Å². The number of hydrogen-bond acceptors (Lipinski definition) is 2. The number of H-pyrrole nitrogens is 1. The Hall–Kier alpha value is -3.86. The Morgan fingerprint density at radius 2 is 1.50 bits per heavy atom. The molecule has 1 heterocycles. The first-order valence-corrected chi connectivity index (χ1v) is 12.7. The molecule has 4 aromatic rings. The molecule has 0 unspecified atom stereocenters. The normalized spacial score (nSPS) is 10.9. The van der Waals surface area contributed by atoms with Crippen LogP contribution < -0.4 is 0 Å². The summed E-state index contributed by atoms with van der Waals surface area (Å²) in [5.74, 6) is -0.0337. The van der Waals surface area contributed by atoms with Crippen molar-refractivity contribution in [3.05, 3.63) is 107 Å². The monoisotopic (exact) mass is 481 g/mol. The van der Waals surface area contributed by atoms with Gasteiger partial charge < -0.3 is 14.8 Å². The molecule has 186 valence electrons. The summed E-state index contributed by atoms with van der Waals surface area (Å²) < 4.78 is 0. The summed E-state index contributed by atoms with van der Waals surface area (Å²) in [4.78, 5) is 33.6. The Kier molecular flexibility index (Phi) is 8.56. The fourth-order valence-corrected chi connectivity index (χ4v) is 4.51. The fraction of sp³-hybridized carbons (Fsp3) is 0.290. The molecule has 2 amide bonds. The van der Waals surface area contributed by atoms with Crippen LogP contribution in [0.25, 0.3) is 10.9 Å². The highest BCUT2D eigenvalue weighted by Crippen LogP contribution is 2.19. The molecular weight excluding hydrogens is 446 g/mol. The van der Waals surface area contributed by atoms with Gasteiger partial charge in [0.25, 0.3) is 0 Å². The summed E-state index contributed by atoms with van der Waals surface area (Å²) in [6.07, 6.45) is 3.89. The molecule has 5 heteroatoms. The van der Waals surface area contributed by atoms with Crippen LogP contribution in [0, 0.1) is 6.92 Å². The number of aromatic amines is 1. The number of carbonyl (C=O) groups is 2. The van der Waals surface area contributed by atoms with E-state index in [-0.39, 0.29) is 18.4 Å². The first-order valence-electron chi connectivity index (χ1n) is 12.7. The Bertz CT molecular complexity index is 1280. The van der Waals surface area contributed by atoms with Crippen LogP contribution in [0.4, 0.5) is 0 Å². The topological polar surface area (TPSA) is 56.4 Å². The molecule has 0 radical (unpaired) electrons. The highest BCUT2D eigenvalue weighted by atomic mass is 16.2. The molecule has 36 heavy (non-hydrogen) atoms. The van der Waals surface area contributed by atoms with Gasteiger partial charge in [-0.3, -0.25) is 9.59 Å². The smallest absolute Gasteiger partial charge is 0.242 e. The number of rotatable bonds is 11. The van der Waals surface area contributed by atoms with Gasteiger partial charge in [-0.25, -0.2) is 0 Å². The van der Waals surface area contributed by atoms with Gasteiger partial charge in [-0.1, -0.05) is 85.3 Å². The number of amides is 2. The third-order valence-electron chi connectivity index (χ3n) is 6.54. The van der Waals surface area contributed by atoms with Crippen LogP contribution in [0.15, 0.2) is 85.1 Å². The van der Waals surface area contributed by atoms with E-state index in [1.807, 2.05) is 60.5 Å². The number of fused-ring (bicyclic) bond motifs is 1. The van der Waals surface area contributed by atoms with Crippen molar-refractivity contribution in [1.29, 1.82) is 0 Å². The van der Waals surface area contributed by atoms with E-state index < -0.39 is 0 Å². The van der Waals surface area contributed by atoms with Crippen LogP contribution in [0.2, 0.25) is 0 Å². The van der Waals surface area contributed by atoms with Crippen molar-refractivity contribution >= 4 is 22.7 Å². The van der Waals surface area contributed by atoms with Gasteiger partial charge in [-0.2, -0.15) is 0 Å². The average molecular weight is 482 g/mol. The van der Waals surface area contributed by atoms with Gasteiger partial charge in [0.05, 0.1) is 13.0 Å². The Labute approximate surface area is 213 Å². The Morgan fingerprint density at radius 1 is 0.778 bits per heavy atom. The van der Waals surface area contributed by atoms with Crippen molar-refractivity contribution < 1.29 is 9.59 Å². The zero-order valence-electron chi connectivity index (χ0n) is 21.2. The third kappa shape index (κ3) is 6.63. The molecule has 0 spiro atoms. The lowest BCUT2D eigenvalue weighted by atomic mass is 10.1. The second kappa shape index (κ2) is 12.2. The lowest BCUT2D eigenvalue weighted by Gasteiger charge is -2.28. The summed E-state index contributed by atoms with van der Waals surface area (Å²) >= 11 is 0. The summed E-state index contributed by atoms with van der Waals surface area (Å²) in [7, 11) is 0. The lowest BCUT2D eigenvalue weighted by Crippen LogP contribution is -2.44. The van der Waals surface area contributed by atoms with Crippen LogP contribution in [0.1, 0.15) is 35.6 Å². The van der Waals surface area contributed by atoms with Crippen LogP contribution >= 0.6 is 0 Å². The maximum absolute atomic E-state index is 13.6. The van der Waals surface area contributed by atoms with Gasteiger partial charge in [0.15, 0.2) is 0 Å². The maximum atomic E-state index is 13.6. The lowest BCUT2D eigenvalue weighted by molar-refractivity contribution is -0.140. The first kappa shape index (κ1) is 25.2. The number of benzene rings is 3. The van der Waals surface area contributed by atoms with Crippen LogP contribution in [0.3, 0.4) is 0 Å². The largest absolute Gasteiger partial charge is 0.361 e. The standard InChI is InChI=1S/C31H35N3O2/c1-3-18-33(30(35)20-25-9-5-4-6-10-25)23-31(36)34(22-26-15-13-24(2)14-16-26)19-17-27-21-32-29-12-8-7-11-28(27)29/h4-16,21,32H,3,17-20,22-23H2,1-2H3. The van der Waals surface area contributed by atoms with Crippen LogP contribution in [0.5, 0.6) is 0 Å². The molecule has 0 aliphatic rings. The minimum absolute atomic E-state index is 0.0108. The molecular formula is C31H35N3O2. The molecule has 0 bridgehead atoms. The van der Waals surface area contributed by atoms with Gasteiger partial charge in [-0.05, 0) is 42.5 Å². The zero-order chi connectivity index (χ0) is 25.3. The quantitative estimate of drug-likeness (QED) is 0.306. The van der Waals surface area contributed by atoms with E-state index in [1.54, 1.807) is 4.90 Å². The van der Waals surface area contributed by atoms with E-state index >= 15 is 0 Å². The molecule has 1 N–H and O–H groups in total. The van der Waals surface area contributed by atoms with E-state index in [2.05, 4.69) is 48.3 Å². The second-order valence-electron chi connectivity index (χ2n) is 9.39. The number of aryl methyl sites for hydroxylation is 1. The molecule has 4 rings (SSSR count). The van der Waals surface area contributed by atoms with Crippen molar-refractivity contribution in [2.45, 2.75) is 39.7 Å². The number of hydrogen-bond donors (Lipinski definition) is 1. The van der Waals surface area contributed by atoms with Crippen molar-refractivity contribution in [2.75, 3.05) is 19.6 Å². The highest BCUT2D eigenvalue weighted by Gasteiger charge is 2.22. The van der Waals surface area contributed by atoms with Crippen molar-refractivity contribution in [3.63, 3.8) is 0 Å². The predicted octanol–water partition coefficient (Wildman–Crippen LogP) is 5.53. The molecule has 0 aliphatic carbocycles. The molecule has 0 fully saturated rings. The number of aromatic nitrogens is 1. The van der Waals surface area contributed by atoms with Gasteiger partial charge in [0.2, 0.25) is 11.8 Å². The molecule has 0 saturated carbocycles. The van der Waals surface area contributed by atoms with E-state index in [9.17, 15) is 9.59 Å². The van der Waals surface area contributed by atoms with Crippen LogP contribution in [-0.2, 0) is 29.0 Å². The summed E-state index contributed by atoms with van der Waals surface area (Å²) in [5, 5.41) is 1.19. The summed E-state index contributed by atoms with van der Waals surface area (Å²) in [6, 6.07) is 26.2. The number of nitrogens with zero attached hydrogens (tertiary/aromatic N) is 2. The molecule has 0 aliphatic heterocycles. The van der Waals surface area contributed by atoms with Crippen LogP contribution in [-0.4, -0.2) is 46.2 Å². The summed E-state index contributed by atoms with van der Waals surface area (Å²) in [6.45, 7) is 5.87. The van der Waals surface area contributed by atoms with E-state index in [0.717, 1.165) is 29.5 Å². The Balaban J connectivity index is 1.49. The van der Waals surface area contributed by atoms with E-state index in [4.69, 9.17) is 0 Å². The number of nitrogens with one attached hydrogen (secondary N) is 1. The third-order valence-corrected chi connectivity index (χ3v) is 6.54. The first-order chi connectivity index (χ1) is 17.5. The molecule has 3 aromatic carbocycles. The zero-order valence-corrected chi connectivity index (χ0v) is 21.2. The van der Waals surface area contributed by atoms with Gasteiger partial charge in [0.1, 0.15) is 0 Å². The fourth-order valence-electron chi connectivity index (χ4n) is 4.51. The summed E-state index contributed by atoms with van der Waals surface area (Å²) in [5.41, 5.74) is 5.54. The molecule has 0 atom stereocenters. The minimum atomic E-state index is -0.0229. The van der Waals surface area contributed by atoms with Crippen molar-refractivity contribution in [3.8, 4) is 0 Å². The molecule has 0 saturated heterocycles. The number of carbonyl (C=O) groups excluding carboxylic acids is 2. The average Bonchev–Trinajstić information content (AvgIpc) is 3.31. The van der Waals surface area contributed by atoms with Crippen molar-refractivity contribution in [1.82, 2.24) is 14.8 Å². The molecule has 1 aromatic heterocycles. The van der Waals surface area contributed by atoms with Gasteiger partial charge >= 0.3 is 0 Å². The maximum Gasteiger partial charge on any atom is 0.242 e.